The van der Waals surface area contributed by atoms with E-state index in [9.17, 15) is 8.78 Å². The topological polar surface area (TPSA) is 47.3 Å². The van der Waals surface area contributed by atoms with Crippen molar-refractivity contribution in [2.24, 2.45) is 5.73 Å². The Hall–Kier alpha value is -1.20. The lowest BCUT2D eigenvalue weighted by molar-refractivity contribution is -0.0507. The van der Waals surface area contributed by atoms with Crippen molar-refractivity contribution in [1.82, 2.24) is 5.32 Å². The first-order valence-corrected chi connectivity index (χ1v) is 6.70. The summed E-state index contributed by atoms with van der Waals surface area (Å²) >= 11 is 0. The van der Waals surface area contributed by atoms with Crippen molar-refractivity contribution in [2.75, 3.05) is 6.54 Å². The van der Waals surface area contributed by atoms with E-state index in [1.165, 1.54) is 12.8 Å². The van der Waals surface area contributed by atoms with Gasteiger partial charge < -0.3 is 15.8 Å². The van der Waals surface area contributed by atoms with Gasteiger partial charge >= 0.3 is 6.61 Å². The van der Waals surface area contributed by atoms with Crippen molar-refractivity contribution in [2.45, 2.75) is 44.4 Å². The fraction of sp³-hybridized carbons (Fsp3) is 0.571. The van der Waals surface area contributed by atoms with Crippen molar-refractivity contribution in [3.8, 4) is 5.75 Å². The first kappa shape index (κ1) is 14.2. The Labute approximate surface area is 112 Å². The normalized spacial score (nSPS) is 17.9. The molecule has 0 aromatic heterocycles. The first-order valence-electron chi connectivity index (χ1n) is 6.70. The van der Waals surface area contributed by atoms with Crippen LogP contribution in [0.4, 0.5) is 8.78 Å². The lowest BCUT2D eigenvalue weighted by Crippen LogP contribution is -2.35. The summed E-state index contributed by atoms with van der Waals surface area (Å²) in [5.74, 6) is 0.207. The Morgan fingerprint density at radius 2 is 1.95 bits per heavy atom. The molecule has 0 radical (unpaired) electrons. The van der Waals surface area contributed by atoms with Crippen molar-refractivity contribution in [3.05, 3.63) is 29.8 Å². The van der Waals surface area contributed by atoms with E-state index in [4.69, 9.17) is 5.73 Å². The summed E-state index contributed by atoms with van der Waals surface area (Å²) in [5.41, 5.74) is 6.48. The lowest BCUT2D eigenvalue weighted by Gasteiger charge is -2.24. The summed E-state index contributed by atoms with van der Waals surface area (Å²) in [6.45, 7) is -2.45. The Kier molecular flexibility index (Phi) is 5.10. The lowest BCUT2D eigenvalue weighted by atomic mass is 10.0. The van der Waals surface area contributed by atoms with Gasteiger partial charge in [-0.25, -0.2) is 0 Å². The number of ether oxygens (including phenoxy) is 1. The highest BCUT2D eigenvalue weighted by Crippen LogP contribution is 2.28. The van der Waals surface area contributed by atoms with Gasteiger partial charge in [-0.3, -0.25) is 0 Å². The molecule has 0 heterocycles. The van der Waals surface area contributed by atoms with E-state index in [0.29, 0.717) is 18.2 Å². The molecule has 106 valence electrons. The molecule has 5 heteroatoms. The molecule has 1 aliphatic rings. The van der Waals surface area contributed by atoms with Crippen LogP contribution in [0.25, 0.3) is 0 Å². The van der Waals surface area contributed by atoms with E-state index < -0.39 is 6.61 Å². The summed E-state index contributed by atoms with van der Waals surface area (Å²) in [6.07, 6.45) is 4.66. The molecule has 1 aliphatic carbocycles. The maximum absolute atomic E-state index is 12.4. The minimum Gasteiger partial charge on any atom is -0.434 e. The predicted molar refractivity (Wildman–Crippen MR) is 70.3 cm³/mol. The van der Waals surface area contributed by atoms with Crippen LogP contribution in [0.2, 0.25) is 0 Å². The number of alkyl halides is 2. The molecule has 19 heavy (non-hydrogen) atoms. The second-order valence-electron chi connectivity index (χ2n) is 4.85. The fourth-order valence-electron chi connectivity index (χ4n) is 2.63. The zero-order valence-corrected chi connectivity index (χ0v) is 10.8. The van der Waals surface area contributed by atoms with Gasteiger partial charge in [0.25, 0.3) is 0 Å². The van der Waals surface area contributed by atoms with Gasteiger partial charge in [0.2, 0.25) is 0 Å². The number of halogens is 2. The highest BCUT2D eigenvalue weighted by atomic mass is 19.3. The molecule has 1 fully saturated rings. The summed E-state index contributed by atoms with van der Waals surface area (Å²) in [5, 5.41) is 3.45. The zero-order chi connectivity index (χ0) is 13.7. The average Bonchev–Trinajstić information content (AvgIpc) is 2.89. The molecule has 1 atom stereocenters. The number of nitrogens with one attached hydrogen (secondary N) is 1. The number of hydrogen-bond acceptors (Lipinski definition) is 3. The van der Waals surface area contributed by atoms with Crippen molar-refractivity contribution >= 4 is 0 Å². The Morgan fingerprint density at radius 3 is 2.58 bits per heavy atom. The van der Waals surface area contributed by atoms with Crippen molar-refractivity contribution < 1.29 is 13.5 Å². The van der Waals surface area contributed by atoms with Crippen LogP contribution >= 0.6 is 0 Å². The van der Waals surface area contributed by atoms with Crippen molar-refractivity contribution in [1.29, 1.82) is 0 Å². The third kappa shape index (κ3) is 3.88. The van der Waals surface area contributed by atoms with Gasteiger partial charge in [-0.05, 0) is 18.9 Å². The largest absolute Gasteiger partial charge is 0.434 e. The average molecular weight is 270 g/mol. The van der Waals surface area contributed by atoms with Crippen LogP contribution in [0.15, 0.2) is 24.3 Å². The van der Waals surface area contributed by atoms with Crippen LogP contribution in [0.3, 0.4) is 0 Å². The second kappa shape index (κ2) is 6.82. The van der Waals surface area contributed by atoms with Gasteiger partial charge in [-0.15, -0.1) is 0 Å². The third-order valence-electron chi connectivity index (χ3n) is 3.54. The van der Waals surface area contributed by atoms with Gasteiger partial charge in [0.15, 0.2) is 0 Å². The third-order valence-corrected chi connectivity index (χ3v) is 3.54. The molecule has 0 spiro atoms. The van der Waals surface area contributed by atoms with Gasteiger partial charge in [-0.1, -0.05) is 31.0 Å². The fourth-order valence-corrected chi connectivity index (χ4v) is 2.63. The molecule has 0 saturated heterocycles. The number of rotatable bonds is 6. The number of hydrogen-bond donors (Lipinski definition) is 2. The van der Waals surface area contributed by atoms with E-state index in [1.54, 1.807) is 18.2 Å². The first-order chi connectivity index (χ1) is 9.20. The molecule has 1 unspecified atom stereocenters. The molecule has 1 saturated carbocycles. The summed E-state index contributed by atoms with van der Waals surface area (Å²) in [4.78, 5) is 0. The molecule has 0 bridgehead atoms. The van der Waals surface area contributed by atoms with Gasteiger partial charge in [0, 0.05) is 24.2 Å². The molecule has 1 aromatic carbocycles. The number of benzene rings is 1. The molecule has 3 nitrogen and oxygen atoms in total. The van der Waals surface area contributed by atoms with Gasteiger partial charge in [-0.2, -0.15) is 8.78 Å². The Bertz CT molecular complexity index is 395. The van der Waals surface area contributed by atoms with Crippen molar-refractivity contribution in [3.63, 3.8) is 0 Å². The zero-order valence-electron chi connectivity index (χ0n) is 10.8. The van der Waals surface area contributed by atoms with E-state index >= 15 is 0 Å². The second-order valence-corrected chi connectivity index (χ2v) is 4.85. The van der Waals surface area contributed by atoms with Crippen LogP contribution in [-0.4, -0.2) is 19.2 Å². The molecule has 1 aromatic rings. The van der Waals surface area contributed by atoms with Crippen LogP contribution in [0.1, 0.15) is 37.3 Å². The van der Waals surface area contributed by atoms with E-state index in [-0.39, 0.29) is 11.8 Å². The summed E-state index contributed by atoms with van der Waals surface area (Å²) in [6, 6.07) is 7.13. The van der Waals surface area contributed by atoms with E-state index in [1.807, 2.05) is 6.07 Å². The van der Waals surface area contributed by atoms with Crippen LogP contribution < -0.4 is 15.8 Å². The maximum atomic E-state index is 12.4. The highest BCUT2D eigenvalue weighted by molar-refractivity contribution is 5.36. The SMILES string of the molecule is NCC(NC1CCCC1)c1ccccc1OC(F)F. The molecule has 3 N–H and O–H groups in total. The standard InChI is InChI=1S/C14H20F2N2O/c15-14(16)19-13-8-4-3-7-11(13)12(9-17)18-10-5-1-2-6-10/h3-4,7-8,10,12,14,18H,1-2,5-6,9,17H2. The molecule has 2 rings (SSSR count). The highest BCUT2D eigenvalue weighted by Gasteiger charge is 2.22. The van der Waals surface area contributed by atoms with E-state index in [0.717, 1.165) is 12.8 Å². The van der Waals surface area contributed by atoms with Crippen LogP contribution in [0, 0.1) is 0 Å². The predicted octanol–water partition coefficient (Wildman–Crippen LogP) is 2.82. The minimum absolute atomic E-state index is 0.141. The van der Waals surface area contributed by atoms with Gasteiger partial charge in [0.05, 0.1) is 0 Å². The van der Waals surface area contributed by atoms with E-state index in [2.05, 4.69) is 10.1 Å². The number of nitrogens with two attached hydrogens (primary N) is 1. The Balaban J connectivity index is 2.12. The van der Waals surface area contributed by atoms with Crippen LogP contribution in [0.5, 0.6) is 5.75 Å². The number of para-hydroxylation sites is 1. The minimum atomic E-state index is -2.81. The summed E-state index contributed by atoms with van der Waals surface area (Å²) in [7, 11) is 0. The monoisotopic (exact) mass is 270 g/mol. The molecule has 0 amide bonds. The van der Waals surface area contributed by atoms with Gasteiger partial charge in [0.1, 0.15) is 5.75 Å². The molecular weight excluding hydrogens is 250 g/mol. The maximum Gasteiger partial charge on any atom is 0.387 e. The van der Waals surface area contributed by atoms with Crippen LogP contribution in [-0.2, 0) is 0 Å². The quantitative estimate of drug-likeness (QED) is 0.835. The Morgan fingerprint density at radius 1 is 1.26 bits per heavy atom. The summed E-state index contributed by atoms with van der Waals surface area (Å²) < 4.78 is 29.4. The smallest absolute Gasteiger partial charge is 0.387 e. The molecule has 0 aliphatic heterocycles. The molecular formula is C14H20F2N2O.